The molecule has 0 fully saturated rings. The highest BCUT2D eigenvalue weighted by Crippen LogP contribution is 2.11. The van der Waals surface area contributed by atoms with Gasteiger partial charge in [0.15, 0.2) is 5.76 Å². The third-order valence-electron chi connectivity index (χ3n) is 2.70. The zero-order valence-electron chi connectivity index (χ0n) is 11.9. The Morgan fingerprint density at radius 2 is 2.00 bits per heavy atom. The maximum atomic E-state index is 12.3. The first kappa shape index (κ1) is 15.3. The van der Waals surface area contributed by atoms with Crippen LogP contribution in [0.25, 0.3) is 0 Å². The molecule has 19 heavy (non-hydrogen) atoms. The Labute approximate surface area is 113 Å². The Balaban J connectivity index is 2.77. The lowest BCUT2D eigenvalue weighted by Gasteiger charge is -2.25. The largest absolute Gasteiger partial charge is 0.469 e. The highest BCUT2D eigenvalue weighted by Gasteiger charge is 2.24. The minimum atomic E-state index is -0.359. The summed E-state index contributed by atoms with van der Waals surface area (Å²) in [6.45, 7) is 6.68. The molecule has 1 aromatic rings. The number of carbonyl (C=O) groups is 2. The van der Waals surface area contributed by atoms with E-state index in [4.69, 9.17) is 4.42 Å². The highest BCUT2D eigenvalue weighted by molar-refractivity contribution is 5.91. The summed E-state index contributed by atoms with van der Waals surface area (Å²) in [5.74, 6) is -0.278. The molecule has 0 bridgehead atoms. The van der Waals surface area contributed by atoms with Crippen LogP contribution in [0, 0.1) is 11.8 Å². The Hall–Kier alpha value is -1.78. The van der Waals surface area contributed by atoms with Gasteiger partial charge in [-0.2, -0.15) is 0 Å². The number of furan rings is 1. The van der Waals surface area contributed by atoms with E-state index in [1.165, 1.54) is 13.4 Å². The van der Waals surface area contributed by atoms with Gasteiger partial charge in [0.25, 0.3) is 5.91 Å². The number of hydrogen-bond donors (Lipinski definition) is 0. The lowest BCUT2D eigenvalue weighted by Crippen LogP contribution is -2.39. The van der Waals surface area contributed by atoms with Crippen LogP contribution in [0.1, 0.15) is 31.3 Å². The average Bonchev–Trinajstić information content (AvgIpc) is 2.89. The van der Waals surface area contributed by atoms with Crippen molar-refractivity contribution in [3.05, 3.63) is 24.2 Å². The zero-order valence-corrected chi connectivity index (χ0v) is 11.9. The highest BCUT2D eigenvalue weighted by atomic mass is 16.5. The van der Waals surface area contributed by atoms with Gasteiger partial charge in [0.2, 0.25) is 0 Å². The van der Waals surface area contributed by atoms with Crippen LogP contribution < -0.4 is 0 Å². The molecule has 1 unspecified atom stereocenters. The van der Waals surface area contributed by atoms with Crippen LogP contribution in [0.5, 0.6) is 0 Å². The smallest absolute Gasteiger partial charge is 0.310 e. The molecule has 0 spiro atoms. The molecule has 0 aliphatic rings. The third kappa shape index (κ3) is 4.43. The summed E-state index contributed by atoms with van der Waals surface area (Å²) in [5.41, 5.74) is 0. The van der Waals surface area contributed by atoms with Crippen LogP contribution in [-0.2, 0) is 9.53 Å². The second-order valence-corrected chi connectivity index (χ2v) is 5.01. The molecule has 1 aromatic heterocycles. The van der Waals surface area contributed by atoms with E-state index in [1.807, 2.05) is 13.8 Å². The van der Waals surface area contributed by atoms with Crippen molar-refractivity contribution in [2.24, 2.45) is 11.8 Å². The van der Waals surface area contributed by atoms with Gasteiger partial charge < -0.3 is 14.1 Å². The van der Waals surface area contributed by atoms with Gasteiger partial charge >= 0.3 is 5.97 Å². The molecule has 5 nitrogen and oxygen atoms in total. The molecule has 0 saturated heterocycles. The lowest BCUT2D eigenvalue weighted by molar-refractivity contribution is -0.145. The number of nitrogens with zero attached hydrogens (tertiary/aromatic N) is 1. The first-order valence-electron chi connectivity index (χ1n) is 6.36. The van der Waals surface area contributed by atoms with E-state index in [0.717, 1.165) is 0 Å². The van der Waals surface area contributed by atoms with E-state index < -0.39 is 0 Å². The molecule has 1 amide bonds. The van der Waals surface area contributed by atoms with Crippen LogP contribution in [0.2, 0.25) is 0 Å². The number of hydrogen-bond acceptors (Lipinski definition) is 4. The topological polar surface area (TPSA) is 59.8 Å². The number of rotatable bonds is 6. The molecule has 1 rings (SSSR count). The van der Waals surface area contributed by atoms with Gasteiger partial charge in [-0.15, -0.1) is 0 Å². The van der Waals surface area contributed by atoms with E-state index in [9.17, 15) is 9.59 Å². The fourth-order valence-electron chi connectivity index (χ4n) is 1.84. The monoisotopic (exact) mass is 267 g/mol. The van der Waals surface area contributed by atoms with Crippen LogP contribution in [-0.4, -0.2) is 37.0 Å². The predicted molar refractivity (Wildman–Crippen MR) is 70.6 cm³/mol. The molecule has 5 heteroatoms. The molecule has 0 N–H and O–H groups in total. The molecule has 0 aromatic carbocycles. The minimum absolute atomic E-state index is 0.200. The van der Waals surface area contributed by atoms with Crippen molar-refractivity contribution in [2.45, 2.75) is 20.8 Å². The zero-order chi connectivity index (χ0) is 14.4. The van der Waals surface area contributed by atoms with Crippen molar-refractivity contribution < 1.29 is 18.7 Å². The fraction of sp³-hybridized carbons (Fsp3) is 0.571. The van der Waals surface area contributed by atoms with Crippen molar-refractivity contribution in [1.82, 2.24) is 4.90 Å². The van der Waals surface area contributed by atoms with Gasteiger partial charge in [-0.1, -0.05) is 20.8 Å². The van der Waals surface area contributed by atoms with Gasteiger partial charge in [0.05, 0.1) is 19.3 Å². The van der Waals surface area contributed by atoms with Gasteiger partial charge in [0, 0.05) is 13.1 Å². The van der Waals surface area contributed by atoms with Crippen molar-refractivity contribution in [3.63, 3.8) is 0 Å². The van der Waals surface area contributed by atoms with Crippen LogP contribution in [0.3, 0.4) is 0 Å². The summed E-state index contributed by atoms with van der Waals surface area (Å²) in [4.78, 5) is 25.4. The average molecular weight is 267 g/mol. The van der Waals surface area contributed by atoms with Gasteiger partial charge in [-0.05, 0) is 18.1 Å². The molecule has 106 valence electrons. The van der Waals surface area contributed by atoms with Gasteiger partial charge in [-0.3, -0.25) is 9.59 Å². The summed E-state index contributed by atoms with van der Waals surface area (Å²) in [6, 6.07) is 3.29. The van der Waals surface area contributed by atoms with Crippen LogP contribution in [0.15, 0.2) is 22.8 Å². The van der Waals surface area contributed by atoms with Crippen molar-refractivity contribution in [1.29, 1.82) is 0 Å². The summed E-state index contributed by atoms with van der Waals surface area (Å²) in [6.07, 6.45) is 1.46. The number of amides is 1. The number of ether oxygens (including phenoxy) is 1. The van der Waals surface area contributed by atoms with E-state index >= 15 is 0 Å². The molecule has 0 radical (unpaired) electrons. The van der Waals surface area contributed by atoms with E-state index in [0.29, 0.717) is 19.0 Å². The number of carbonyl (C=O) groups excluding carboxylic acids is 2. The second kappa shape index (κ2) is 6.97. The Kier molecular flexibility index (Phi) is 5.60. The summed E-state index contributed by atoms with van der Waals surface area (Å²) >= 11 is 0. The summed E-state index contributed by atoms with van der Waals surface area (Å²) in [7, 11) is 1.35. The lowest BCUT2D eigenvalue weighted by atomic mass is 10.1. The number of esters is 1. The minimum Gasteiger partial charge on any atom is -0.469 e. The first-order chi connectivity index (χ1) is 8.95. The van der Waals surface area contributed by atoms with Crippen LogP contribution >= 0.6 is 0 Å². The quantitative estimate of drug-likeness (QED) is 0.741. The van der Waals surface area contributed by atoms with E-state index in [1.54, 1.807) is 24.0 Å². The maximum Gasteiger partial charge on any atom is 0.310 e. The van der Waals surface area contributed by atoms with Gasteiger partial charge in [-0.25, -0.2) is 0 Å². The maximum absolute atomic E-state index is 12.3. The van der Waals surface area contributed by atoms with Crippen molar-refractivity contribution in [3.8, 4) is 0 Å². The standard InChI is InChI=1S/C14H21NO4/c1-10(2)8-15(9-11(3)14(17)18-4)13(16)12-6-5-7-19-12/h5-7,10-11H,8-9H2,1-4H3. The molecule has 1 heterocycles. The summed E-state index contributed by atoms with van der Waals surface area (Å²) < 4.78 is 9.81. The third-order valence-corrected chi connectivity index (χ3v) is 2.70. The normalized spacial score (nSPS) is 12.3. The summed E-state index contributed by atoms with van der Waals surface area (Å²) in [5, 5.41) is 0. The fourth-order valence-corrected chi connectivity index (χ4v) is 1.84. The second-order valence-electron chi connectivity index (χ2n) is 5.01. The molecule has 0 aliphatic carbocycles. The first-order valence-corrected chi connectivity index (χ1v) is 6.36. The van der Waals surface area contributed by atoms with Crippen molar-refractivity contribution in [2.75, 3.05) is 20.2 Å². The van der Waals surface area contributed by atoms with Crippen molar-refractivity contribution >= 4 is 11.9 Å². The Morgan fingerprint density at radius 1 is 1.32 bits per heavy atom. The van der Waals surface area contributed by atoms with Gasteiger partial charge in [0.1, 0.15) is 0 Å². The van der Waals surface area contributed by atoms with E-state index in [-0.39, 0.29) is 23.6 Å². The number of methoxy groups -OCH3 is 1. The molecular formula is C14H21NO4. The molecule has 1 atom stereocenters. The Morgan fingerprint density at radius 3 is 2.47 bits per heavy atom. The van der Waals surface area contributed by atoms with E-state index in [2.05, 4.69) is 4.74 Å². The molecular weight excluding hydrogens is 246 g/mol. The molecule has 0 aliphatic heterocycles. The predicted octanol–water partition coefficient (Wildman–Crippen LogP) is 2.19. The molecule has 0 saturated carbocycles. The SMILES string of the molecule is COC(=O)C(C)CN(CC(C)C)C(=O)c1ccco1. The van der Waals surface area contributed by atoms with Crippen LogP contribution in [0.4, 0.5) is 0 Å². The Bertz CT molecular complexity index is 411.